The molecule has 0 saturated heterocycles. The molecule has 0 aliphatic rings. The fourth-order valence-electron chi connectivity index (χ4n) is 0.994. The molecule has 4 heteroatoms. The van der Waals surface area contributed by atoms with Crippen molar-refractivity contribution in [2.45, 2.75) is 6.54 Å². The number of hydrogen-bond acceptors (Lipinski definition) is 2. The second kappa shape index (κ2) is 4.57. The maximum atomic E-state index is 10.0. The molecule has 0 saturated carbocycles. The van der Waals surface area contributed by atoms with Crippen LogP contribution in [-0.4, -0.2) is 11.4 Å². The van der Waals surface area contributed by atoms with E-state index in [9.17, 15) is 4.79 Å². The van der Waals surface area contributed by atoms with E-state index in [1.54, 1.807) is 0 Å². The van der Waals surface area contributed by atoms with Gasteiger partial charge in [-0.3, -0.25) is 4.79 Å². The van der Waals surface area contributed by atoms with E-state index in [0.29, 0.717) is 17.9 Å². The second-order valence-electron chi connectivity index (χ2n) is 2.56. The highest BCUT2D eigenvalue weighted by Crippen LogP contribution is 2.04. The first-order valence-electron chi connectivity index (χ1n) is 3.80. The number of carbonyl (C=O) groups is 1. The van der Waals surface area contributed by atoms with E-state index in [1.165, 1.54) is 0 Å². The Morgan fingerprint density at radius 1 is 1.62 bits per heavy atom. The molecule has 0 fully saturated rings. The van der Waals surface area contributed by atoms with E-state index in [2.05, 4.69) is 5.32 Å². The monoisotopic (exact) mass is 194 g/mol. The van der Waals surface area contributed by atoms with Crippen LogP contribution in [0.2, 0.25) is 0 Å². The highest BCUT2D eigenvalue weighted by Gasteiger charge is 1.97. The third-order valence-electron chi connectivity index (χ3n) is 1.60. The molecular weight excluding hydrogens is 184 g/mol. The number of amides is 1. The van der Waals surface area contributed by atoms with Gasteiger partial charge in [-0.2, -0.15) is 0 Å². The van der Waals surface area contributed by atoms with E-state index in [4.69, 9.17) is 18.0 Å². The minimum absolute atomic E-state index is 0.368. The minimum Gasteiger partial charge on any atom is -0.389 e. The zero-order valence-electron chi connectivity index (χ0n) is 6.99. The summed E-state index contributed by atoms with van der Waals surface area (Å²) in [7, 11) is 0. The molecule has 3 nitrogen and oxygen atoms in total. The summed E-state index contributed by atoms with van der Waals surface area (Å²) in [4.78, 5) is 10.4. The van der Waals surface area contributed by atoms with Crippen LogP contribution in [0.15, 0.2) is 24.3 Å². The summed E-state index contributed by atoms with van der Waals surface area (Å²) in [5, 5.41) is 2.57. The van der Waals surface area contributed by atoms with Gasteiger partial charge in [0.15, 0.2) is 0 Å². The first-order chi connectivity index (χ1) is 6.24. The molecule has 1 aromatic carbocycles. The Morgan fingerprint density at radius 3 is 3.00 bits per heavy atom. The fourth-order valence-corrected chi connectivity index (χ4v) is 1.12. The maximum absolute atomic E-state index is 10.0. The van der Waals surface area contributed by atoms with E-state index >= 15 is 0 Å². The molecule has 1 amide bonds. The molecule has 0 aromatic heterocycles. The number of carbonyl (C=O) groups excluding carboxylic acids is 1. The molecule has 0 heterocycles. The lowest BCUT2D eigenvalue weighted by Crippen LogP contribution is -2.12. The molecule has 0 radical (unpaired) electrons. The number of thiocarbonyl (C=S) groups is 1. The van der Waals surface area contributed by atoms with Gasteiger partial charge < -0.3 is 11.1 Å². The molecule has 1 rings (SSSR count). The summed E-state index contributed by atoms with van der Waals surface area (Å²) in [6.07, 6.45) is 0.660. The van der Waals surface area contributed by atoms with Crippen molar-refractivity contribution in [3.05, 3.63) is 35.4 Å². The predicted molar refractivity (Wildman–Crippen MR) is 55.2 cm³/mol. The lowest BCUT2D eigenvalue weighted by molar-refractivity contribution is -0.109. The van der Waals surface area contributed by atoms with Crippen LogP contribution in [0.25, 0.3) is 0 Å². The van der Waals surface area contributed by atoms with Crippen LogP contribution in [0.4, 0.5) is 0 Å². The fraction of sp³-hybridized carbons (Fsp3) is 0.111. The van der Waals surface area contributed by atoms with Gasteiger partial charge in [-0.05, 0) is 11.6 Å². The normalized spacial score (nSPS) is 9.23. The topological polar surface area (TPSA) is 55.1 Å². The Hall–Kier alpha value is -1.42. The molecule has 0 aliphatic carbocycles. The first kappa shape index (κ1) is 9.67. The lowest BCUT2D eigenvalue weighted by Gasteiger charge is -2.02. The number of rotatable bonds is 4. The third kappa shape index (κ3) is 2.83. The molecule has 0 unspecified atom stereocenters. The summed E-state index contributed by atoms with van der Waals surface area (Å²) in [5.41, 5.74) is 7.26. The van der Waals surface area contributed by atoms with Gasteiger partial charge in [0.05, 0.1) is 0 Å². The summed E-state index contributed by atoms with van der Waals surface area (Å²) < 4.78 is 0. The number of hydrogen-bond donors (Lipinski definition) is 2. The van der Waals surface area contributed by atoms with Crippen LogP contribution in [0.3, 0.4) is 0 Å². The summed E-state index contributed by atoms with van der Waals surface area (Å²) >= 11 is 4.82. The van der Waals surface area contributed by atoms with Crippen LogP contribution in [0.1, 0.15) is 11.1 Å². The van der Waals surface area contributed by atoms with Crippen molar-refractivity contribution in [2.75, 3.05) is 0 Å². The summed E-state index contributed by atoms with van der Waals surface area (Å²) in [5.74, 6) is 0. The van der Waals surface area contributed by atoms with E-state index < -0.39 is 0 Å². The van der Waals surface area contributed by atoms with E-state index in [0.717, 1.165) is 11.1 Å². The number of nitrogens with one attached hydrogen (secondary N) is 1. The standard InChI is InChI=1S/C9H10N2OS/c10-9(13)8-3-1-2-7(4-8)5-11-6-12/h1-4,6H,5H2,(H2,10,13)(H,11,12). The molecule has 3 N–H and O–H groups in total. The summed E-state index contributed by atoms with van der Waals surface area (Å²) in [6, 6.07) is 7.46. The predicted octanol–water partition coefficient (Wildman–Crippen LogP) is 0.567. The molecule has 1 aromatic rings. The molecule has 0 spiro atoms. The average Bonchev–Trinajstić information content (AvgIpc) is 2.15. The van der Waals surface area contributed by atoms with Gasteiger partial charge >= 0.3 is 0 Å². The minimum atomic E-state index is 0.368. The van der Waals surface area contributed by atoms with Crippen LogP contribution in [-0.2, 0) is 11.3 Å². The Labute approximate surface area is 81.9 Å². The van der Waals surface area contributed by atoms with Crippen molar-refractivity contribution in [3.8, 4) is 0 Å². The van der Waals surface area contributed by atoms with Crippen LogP contribution in [0.5, 0.6) is 0 Å². The Kier molecular flexibility index (Phi) is 3.40. The Morgan fingerprint density at radius 2 is 2.38 bits per heavy atom. The van der Waals surface area contributed by atoms with Gasteiger partial charge in [-0.25, -0.2) is 0 Å². The molecule has 0 bridgehead atoms. The molecule has 0 aliphatic heterocycles. The van der Waals surface area contributed by atoms with Gasteiger partial charge in [0, 0.05) is 12.1 Å². The van der Waals surface area contributed by atoms with Crippen molar-refractivity contribution in [3.63, 3.8) is 0 Å². The number of benzene rings is 1. The van der Waals surface area contributed by atoms with Crippen molar-refractivity contribution < 1.29 is 4.79 Å². The highest BCUT2D eigenvalue weighted by atomic mass is 32.1. The summed E-state index contributed by atoms with van der Waals surface area (Å²) in [6.45, 7) is 0.500. The van der Waals surface area contributed by atoms with Gasteiger partial charge in [0.25, 0.3) is 0 Å². The largest absolute Gasteiger partial charge is 0.389 e. The van der Waals surface area contributed by atoms with Crippen molar-refractivity contribution >= 4 is 23.6 Å². The molecule has 13 heavy (non-hydrogen) atoms. The SMILES string of the molecule is NC(=S)c1cccc(CNC=O)c1. The third-order valence-corrected chi connectivity index (χ3v) is 1.84. The smallest absolute Gasteiger partial charge is 0.207 e. The van der Waals surface area contributed by atoms with Crippen molar-refractivity contribution in [1.29, 1.82) is 0 Å². The van der Waals surface area contributed by atoms with Crippen LogP contribution in [0, 0.1) is 0 Å². The zero-order valence-corrected chi connectivity index (χ0v) is 7.80. The second-order valence-corrected chi connectivity index (χ2v) is 3.00. The van der Waals surface area contributed by atoms with Gasteiger partial charge in [0.2, 0.25) is 6.41 Å². The van der Waals surface area contributed by atoms with Gasteiger partial charge in [-0.1, -0.05) is 30.4 Å². The lowest BCUT2D eigenvalue weighted by atomic mass is 10.1. The van der Waals surface area contributed by atoms with Gasteiger partial charge in [0.1, 0.15) is 4.99 Å². The maximum Gasteiger partial charge on any atom is 0.207 e. The molecule has 68 valence electrons. The molecule has 0 atom stereocenters. The quantitative estimate of drug-likeness (QED) is 0.544. The first-order valence-corrected chi connectivity index (χ1v) is 4.20. The highest BCUT2D eigenvalue weighted by molar-refractivity contribution is 7.80. The Bertz CT molecular complexity index is 325. The van der Waals surface area contributed by atoms with Crippen LogP contribution >= 0.6 is 12.2 Å². The van der Waals surface area contributed by atoms with Gasteiger partial charge in [-0.15, -0.1) is 0 Å². The van der Waals surface area contributed by atoms with Crippen LogP contribution < -0.4 is 11.1 Å². The van der Waals surface area contributed by atoms with Crippen molar-refractivity contribution in [2.24, 2.45) is 5.73 Å². The van der Waals surface area contributed by atoms with Crippen molar-refractivity contribution in [1.82, 2.24) is 5.32 Å². The van der Waals surface area contributed by atoms with E-state index in [1.807, 2.05) is 24.3 Å². The zero-order chi connectivity index (χ0) is 9.68. The average molecular weight is 194 g/mol. The molecular formula is C9H10N2OS. The number of nitrogens with two attached hydrogens (primary N) is 1. The van der Waals surface area contributed by atoms with E-state index in [-0.39, 0.29) is 0 Å². The Balaban J connectivity index is 2.79.